The zero-order valence-electron chi connectivity index (χ0n) is 9.22. The van der Waals surface area contributed by atoms with E-state index in [0.29, 0.717) is 6.42 Å². The van der Waals surface area contributed by atoms with E-state index in [4.69, 9.17) is 4.74 Å². The zero-order chi connectivity index (χ0) is 12.6. The first-order chi connectivity index (χ1) is 8.02. The second-order valence-electron chi connectivity index (χ2n) is 4.00. The monoisotopic (exact) mass is 260 g/mol. The highest BCUT2D eigenvalue weighted by Crippen LogP contribution is 2.29. The first-order valence-corrected chi connectivity index (χ1v) is 5.78. The fraction of sp³-hybridized carbons (Fsp3) is 0.600. The molecule has 5 nitrogen and oxygen atoms in total. The summed E-state index contributed by atoms with van der Waals surface area (Å²) >= 11 is 4.60. The van der Waals surface area contributed by atoms with Gasteiger partial charge in [-0.15, -0.1) is 0 Å². The molecule has 0 aromatic carbocycles. The fourth-order valence-corrected chi connectivity index (χ4v) is 2.03. The molecule has 7 heteroatoms. The van der Waals surface area contributed by atoms with Crippen LogP contribution in [0.15, 0.2) is 11.0 Å². The number of H-pyrrole nitrogens is 1. The molecule has 0 amide bonds. The third-order valence-electron chi connectivity index (χ3n) is 2.82. The third kappa shape index (κ3) is 2.31. The Morgan fingerprint density at radius 3 is 3.06 bits per heavy atom. The van der Waals surface area contributed by atoms with Gasteiger partial charge >= 0.3 is 5.69 Å². The predicted molar refractivity (Wildman–Crippen MR) is 60.7 cm³/mol. The Hall–Kier alpha value is -1.05. The maximum atomic E-state index is 13.3. The highest BCUT2D eigenvalue weighted by atomic mass is 32.1. The minimum atomic E-state index is -0.853. The molecule has 2 N–H and O–H groups in total. The third-order valence-corrected chi connectivity index (χ3v) is 3.12. The van der Waals surface area contributed by atoms with E-state index in [0.717, 1.165) is 17.2 Å². The van der Waals surface area contributed by atoms with Crippen LogP contribution in [0.4, 0.5) is 4.39 Å². The molecule has 0 radical (unpaired) electrons. The molecule has 3 unspecified atom stereocenters. The normalized spacial score (nSPS) is 28.5. The molecule has 0 bridgehead atoms. The molecule has 1 aliphatic rings. The van der Waals surface area contributed by atoms with E-state index in [1.54, 1.807) is 0 Å². The molecule has 1 saturated heterocycles. The van der Waals surface area contributed by atoms with Crippen molar-refractivity contribution in [1.29, 1.82) is 0 Å². The van der Waals surface area contributed by atoms with Gasteiger partial charge in [0.1, 0.15) is 10.7 Å². The summed E-state index contributed by atoms with van der Waals surface area (Å²) in [4.78, 5) is 13.8. The molecule has 1 aromatic rings. The predicted octanol–water partition coefficient (Wildman–Crippen LogP) is 1.10. The Morgan fingerprint density at radius 1 is 1.76 bits per heavy atom. The molecule has 17 heavy (non-hydrogen) atoms. The van der Waals surface area contributed by atoms with Gasteiger partial charge in [0, 0.05) is 6.42 Å². The molecule has 0 saturated carbocycles. The van der Waals surface area contributed by atoms with E-state index in [1.165, 1.54) is 0 Å². The molecule has 1 fully saturated rings. The second kappa shape index (κ2) is 4.67. The van der Waals surface area contributed by atoms with Gasteiger partial charge in [-0.05, 0) is 6.42 Å². The van der Waals surface area contributed by atoms with Gasteiger partial charge in [0.15, 0.2) is 12.0 Å². The Labute approximate surface area is 102 Å². The number of halogens is 1. The number of aliphatic hydroxyl groups excluding tert-OH is 1. The largest absolute Gasteiger partial charge is 0.388 e. The van der Waals surface area contributed by atoms with E-state index in [-0.39, 0.29) is 10.7 Å². The van der Waals surface area contributed by atoms with Gasteiger partial charge in [-0.2, -0.15) is 0 Å². The lowest BCUT2D eigenvalue weighted by atomic mass is 10.1. The van der Waals surface area contributed by atoms with Crippen molar-refractivity contribution in [3.05, 3.63) is 27.1 Å². The van der Waals surface area contributed by atoms with Crippen LogP contribution >= 0.6 is 12.2 Å². The van der Waals surface area contributed by atoms with Crippen LogP contribution in [-0.2, 0) is 4.74 Å². The van der Waals surface area contributed by atoms with Crippen molar-refractivity contribution in [3.63, 3.8) is 0 Å². The number of hydrogen-bond acceptors (Lipinski definition) is 4. The first-order valence-electron chi connectivity index (χ1n) is 5.37. The van der Waals surface area contributed by atoms with E-state index in [2.05, 4.69) is 17.2 Å². The van der Waals surface area contributed by atoms with Crippen molar-refractivity contribution in [2.45, 2.75) is 38.2 Å². The molecule has 2 heterocycles. The summed E-state index contributed by atoms with van der Waals surface area (Å²) < 4.78 is 19.5. The highest BCUT2D eigenvalue weighted by molar-refractivity contribution is 7.71. The highest BCUT2D eigenvalue weighted by Gasteiger charge is 2.34. The Morgan fingerprint density at radius 2 is 2.47 bits per heavy atom. The standard InChI is InChI=1S/C10H13FN2O3S/c1-2-5-3-7(14)9(16-5)13-4-6(11)8(17)12-10(13)15/h4-5,7,9,14H,2-3H2,1H3,(H,12,15,17). The lowest BCUT2D eigenvalue weighted by molar-refractivity contribution is -0.0409. The lowest BCUT2D eigenvalue weighted by Crippen LogP contribution is -2.32. The molecule has 1 aliphatic heterocycles. The molecule has 1 aromatic heterocycles. The van der Waals surface area contributed by atoms with E-state index in [1.807, 2.05) is 6.92 Å². The van der Waals surface area contributed by atoms with Gasteiger partial charge < -0.3 is 9.84 Å². The van der Waals surface area contributed by atoms with E-state index in [9.17, 15) is 14.3 Å². The lowest BCUT2D eigenvalue weighted by Gasteiger charge is -2.17. The average Bonchev–Trinajstić information content (AvgIpc) is 2.65. The quantitative estimate of drug-likeness (QED) is 0.781. The molecule has 94 valence electrons. The van der Waals surface area contributed by atoms with Gasteiger partial charge in [-0.1, -0.05) is 19.1 Å². The summed E-state index contributed by atoms with van der Waals surface area (Å²) in [6, 6.07) is 0. The summed E-state index contributed by atoms with van der Waals surface area (Å²) in [6.07, 6.45) is 0.342. The van der Waals surface area contributed by atoms with Crippen molar-refractivity contribution in [3.8, 4) is 0 Å². The van der Waals surface area contributed by atoms with Crippen LogP contribution < -0.4 is 5.69 Å². The zero-order valence-corrected chi connectivity index (χ0v) is 10.0. The minimum absolute atomic E-state index is 0.117. The second-order valence-corrected chi connectivity index (χ2v) is 4.41. The van der Waals surface area contributed by atoms with Gasteiger partial charge in [0.25, 0.3) is 0 Å². The minimum Gasteiger partial charge on any atom is -0.388 e. The van der Waals surface area contributed by atoms with Crippen molar-refractivity contribution < 1.29 is 14.2 Å². The van der Waals surface area contributed by atoms with Crippen LogP contribution in [0.3, 0.4) is 0 Å². The Balaban J connectivity index is 2.38. The number of nitrogens with one attached hydrogen (secondary N) is 1. The number of ether oxygens (including phenoxy) is 1. The SMILES string of the molecule is CCC1CC(O)C(n2cc(F)c(=S)[nH]c2=O)O1. The number of aliphatic hydroxyl groups is 1. The first kappa shape index (κ1) is 12.4. The Kier molecular flexibility index (Phi) is 3.41. The van der Waals surface area contributed by atoms with Crippen molar-refractivity contribution >= 4 is 12.2 Å². The number of rotatable bonds is 2. The van der Waals surface area contributed by atoms with Crippen molar-refractivity contribution in [2.75, 3.05) is 0 Å². The van der Waals surface area contributed by atoms with Gasteiger partial charge in [-0.3, -0.25) is 9.55 Å². The number of hydrogen-bond donors (Lipinski definition) is 2. The topological polar surface area (TPSA) is 67.2 Å². The number of aromatic amines is 1. The summed E-state index contributed by atoms with van der Waals surface area (Å²) in [5.41, 5.74) is -0.586. The molecule has 2 rings (SSSR count). The molecular formula is C10H13FN2O3S. The molecule has 3 atom stereocenters. The van der Waals surface area contributed by atoms with Crippen LogP contribution in [-0.4, -0.2) is 26.9 Å². The van der Waals surface area contributed by atoms with E-state index >= 15 is 0 Å². The maximum Gasteiger partial charge on any atom is 0.328 e. The molecule has 0 aliphatic carbocycles. The average molecular weight is 260 g/mol. The van der Waals surface area contributed by atoms with Crippen LogP contribution in [0.2, 0.25) is 0 Å². The van der Waals surface area contributed by atoms with Crippen LogP contribution in [0.5, 0.6) is 0 Å². The van der Waals surface area contributed by atoms with Crippen molar-refractivity contribution in [1.82, 2.24) is 9.55 Å². The smallest absolute Gasteiger partial charge is 0.328 e. The van der Waals surface area contributed by atoms with Crippen molar-refractivity contribution in [2.24, 2.45) is 0 Å². The summed E-state index contributed by atoms with van der Waals surface area (Å²) in [5, 5.41) is 9.78. The molecular weight excluding hydrogens is 247 g/mol. The van der Waals surface area contributed by atoms with Gasteiger partial charge in [0.2, 0.25) is 0 Å². The summed E-state index contributed by atoms with van der Waals surface area (Å²) in [5.74, 6) is -0.713. The maximum absolute atomic E-state index is 13.3. The van der Waals surface area contributed by atoms with Crippen LogP contribution in [0.1, 0.15) is 26.0 Å². The van der Waals surface area contributed by atoms with E-state index < -0.39 is 23.8 Å². The number of nitrogens with zero attached hydrogens (tertiary/aromatic N) is 1. The fourth-order valence-electron chi connectivity index (χ4n) is 1.89. The number of aromatic nitrogens is 2. The van der Waals surface area contributed by atoms with Gasteiger partial charge in [0.05, 0.1) is 12.3 Å². The molecule has 0 spiro atoms. The van der Waals surface area contributed by atoms with Crippen LogP contribution in [0, 0.1) is 10.5 Å². The van der Waals surface area contributed by atoms with Crippen LogP contribution in [0.25, 0.3) is 0 Å². The Bertz CT molecular complexity index is 527. The summed E-state index contributed by atoms with van der Waals surface area (Å²) in [6.45, 7) is 1.92. The summed E-state index contributed by atoms with van der Waals surface area (Å²) in [7, 11) is 0. The van der Waals surface area contributed by atoms with Gasteiger partial charge in [-0.25, -0.2) is 9.18 Å².